The second-order valence-electron chi connectivity index (χ2n) is 5.20. The zero-order valence-electron chi connectivity index (χ0n) is 12.7. The maximum atomic E-state index is 9.74. The molecule has 0 saturated heterocycles. The maximum absolute atomic E-state index is 9.74. The van der Waals surface area contributed by atoms with Crippen molar-refractivity contribution in [2.75, 3.05) is 5.32 Å². The lowest BCUT2D eigenvalue weighted by molar-refractivity contribution is 0.468. The standard InChI is InChI=1S/C19H15Br2NO2/c20-17-10-13(11-18(21)19(17)23)12-22-14-6-8-16(9-7-14)24-15-4-2-1-3-5-15/h1-11,22-23H,12H2. The highest BCUT2D eigenvalue weighted by atomic mass is 79.9. The van der Waals surface area contributed by atoms with Crippen LogP contribution in [0.25, 0.3) is 0 Å². The van der Waals surface area contributed by atoms with Crippen molar-refractivity contribution in [2.45, 2.75) is 6.54 Å². The van der Waals surface area contributed by atoms with Crippen LogP contribution in [0.2, 0.25) is 0 Å². The summed E-state index contributed by atoms with van der Waals surface area (Å²) in [6, 6.07) is 21.3. The van der Waals surface area contributed by atoms with E-state index in [1.54, 1.807) is 0 Å². The summed E-state index contributed by atoms with van der Waals surface area (Å²) in [5.41, 5.74) is 2.05. The van der Waals surface area contributed by atoms with Gasteiger partial charge in [-0.1, -0.05) is 18.2 Å². The fraction of sp³-hybridized carbons (Fsp3) is 0.0526. The first-order valence-electron chi connectivity index (χ1n) is 7.35. The van der Waals surface area contributed by atoms with E-state index in [-0.39, 0.29) is 5.75 Å². The van der Waals surface area contributed by atoms with Gasteiger partial charge in [0.05, 0.1) is 8.95 Å². The third kappa shape index (κ3) is 4.30. The highest BCUT2D eigenvalue weighted by Crippen LogP contribution is 2.33. The molecule has 0 saturated carbocycles. The fourth-order valence-electron chi connectivity index (χ4n) is 2.19. The first kappa shape index (κ1) is 16.9. The van der Waals surface area contributed by atoms with Crippen LogP contribution < -0.4 is 10.1 Å². The van der Waals surface area contributed by atoms with E-state index in [4.69, 9.17) is 4.74 Å². The molecule has 0 bridgehead atoms. The quantitative estimate of drug-likeness (QED) is 0.479. The van der Waals surface area contributed by atoms with Gasteiger partial charge in [0.1, 0.15) is 17.2 Å². The van der Waals surface area contributed by atoms with Crippen molar-refractivity contribution in [1.82, 2.24) is 0 Å². The lowest BCUT2D eigenvalue weighted by Gasteiger charge is -2.10. The minimum absolute atomic E-state index is 0.209. The minimum atomic E-state index is 0.209. The van der Waals surface area contributed by atoms with E-state index >= 15 is 0 Å². The van der Waals surface area contributed by atoms with Gasteiger partial charge in [0.25, 0.3) is 0 Å². The molecule has 0 radical (unpaired) electrons. The van der Waals surface area contributed by atoms with Crippen LogP contribution >= 0.6 is 31.9 Å². The predicted octanol–water partition coefficient (Wildman–Crippen LogP) is 6.32. The molecule has 0 unspecified atom stereocenters. The Balaban J connectivity index is 1.62. The van der Waals surface area contributed by atoms with E-state index in [1.165, 1.54) is 0 Å². The van der Waals surface area contributed by atoms with Crippen LogP contribution in [0.1, 0.15) is 5.56 Å². The number of phenols is 1. The van der Waals surface area contributed by atoms with E-state index in [9.17, 15) is 5.11 Å². The Hall–Kier alpha value is -1.98. The molecule has 3 aromatic rings. The molecule has 0 aromatic heterocycles. The van der Waals surface area contributed by atoms with Crippen molar-refractivity contribution in [3.05, 3.63) is 81.2 Å². The topological polar surface area (TPSA) is 41.5 Å². The van der Waals surface area contributed by atoms with Gasteiger partial charge >= 0.3 is 0 Å². The molecule has 0 atom stereocenters. The number of aromatic hydroxyl groups is 1. The molecule has 0 amide bonds. The van der Waals surface area contributed by atoms with E-state index < -0.39 is 0 Å². The monoisotopic (exact) mass is 447 g/mol. The van der Waals surface area contributed by atoms with Gasteiger partial charge in [0.2, 0.25) is 0 Å². The molecular formula is C19H15Br2NO2. The Bertz CT molecular complexity index is 798. The summed E-state index contributed by atoms with van der Waals surface area (Å²) in [5, 5.41) is 13.1. The SMILES string of the molecule is Oc1c(Br)cc(CNc2ccc(Oc3ccccc3)cc2)cc1Br. The summed E-state index contributed by atoms with van der Waals surface area (Å²) < 4.78 is 7.11. The highest BCUT2D eigenvalue weighted by Gasteiger charge is 2.06. The number of rotatable bonds is 5. The van der Waals surface area contributed by atoms with Gasteiger partial charge in [-0.2, -0.15) is 0 Å². The average Bonchev–Trinajstić information content (AvgIpc) is 2.60. The molecular weight excluding hydrogens is 434 g/mol. The molecule has 0 spiro atoms. The Morgan fingerprint density at radius 3 is 2.04 bits per heavy atom. The van der Waals surface area contributed by atoms with Gasteiger partial charge in [-0.15, -0.1) is 0 Å². The van der Waals surface area contributed by atoms with Crippen molar-refractivity contribution in [1.29, 1.82) is 0 Å². The van der Waals surface area contributed by atoms with Crippen molar-refractivity contribution in [3.63, 3.8) is 0 Å². The molecule has 3 nitrogen and oxygen atoms in total. The summed E-state index contributed by atoms with van der Waals surface area (Å²) in [6.07, 6.45) is 0. The minimum Gasteiger partial charge on any atom is -0.506 e. The van der Waals surface area contributed by atoms with E-state index in [2.05, 4.69) is 37.2 Å². The first-order valence-corrected chi connectivity index (χ1v) is 8.94. The number of phenolic OH excluding ortho intramolecular Hbond substituents is 1. The molecule has 3 aromatic carbocycles. The number of ether oxygens (including phenoxy) is 1. The van der Waals surface area contributed by atoms with Crippen molar-refractivity contribution in [3.8, 4) is 17.2 Å². The largest absolute Gasteiger partial charge is 0.506 e. The maximum Gasteiger partial charge on any atom is 0.143 e. The van der Waals surface area contributed by atoms with Crippen LogP contribution in [0, 0.1) is 0 Å². The van der Waals surface area contributed by atoms with E-state index in [0.29, 0.717) is 15.5 Å². The number of para-hydroxylation sites is 1. The predicted molar refractivity (Wildman–Crippen MR) is 104 cm³/mol. The molecule has 24 heavy (non-hydrogen) atoms. The molecule has 0 aliphatic carbocycles. The lowest BCUT2D eigenvalue weighted by Crippen LogP contribution is -1.99. The van der Waals surface area contributed by atoms with Gasteiger partial charge in [-0.25, -0.2) is 0 Å². The third-order valence-electron chi connectivity index (χ3n) is 3.41. The fourth-order valence-corrected chi connectivity index (χ4v) is 3.47. The van der Waals surface area contributed by atoms with Crippen LogP contribution in [0.3, 0.4) is 0 Å². The van der Waals surface area contributed by atoms with Crippen LogP contribution in [0.5, 0.6) is 17.2 Å². The van der Waals surface area contributed by atoms with Gasteiger partial charge in [-0.3, -0.25) is 0 Å². The van der Waals surface area contributed by atoms with Crippen LogP contribution in [-0.2, 0) is 6.54 Å². The van der Waals surface area contributed by atoms with Gasteiger partial charge in [-0.05, 0) is 86.0 Å². The van der Waals surface area contributed by atoms with Crippen molar-refractivity contribution < 1.29 is 9.84 Å². The molecule has 122 valence electrons. The summed E-state index contributed by atoms with van der Waals surface area (Å²) >= 11 is 6.68. The number of anilines is 1. The summed E-state index contributed by atoms with van der Waals surface area (Å²) in [6.45, 7) is 0.649. The van der Waals surface area contributed by atoms with Crippen LogP contribution in [-0.4, -0.2) is 5.11 Å². The highest BCUT2D eigenvalue weighted by molar-refractivity contribution is 9.11. The smallest absolute Gasteiger partial charge is 0.143 e. The second-order valence-corrected chi connectivity index (χ2v) is 6.91. The Labute approximate surface area is 157 Å². The normalized spacial score (nSPS) is 10.4. The number of halogens is 2. The molecule has 5 heteroatoms. The molecule has 0 aliphatic heterocycles. The summed E-state index contributed by atoms with van der Waals surface area (Å²) in [7, 11) is 0. The zero-order valence-corrected chi connectivity index (χ0v) is 15.8. The number of benzene rings is 3. The lowest BCUT2D eigenvalue weighted by atomic mass is 10.2. The third-order valence-corrected chi connectivity index (χ3v) is 4.62. The Kier molecular flexibility index (Phi) is 5.43. The van der Waals surface area contributed by atoms with Gasteiger partial charge in [0, 0.05) is 12.2 Å². The first-order chi connectivity index (χ1) is 11.6. The van der Waals surface area contributed by atoms with Gasteiger partial charge in [0.15, 0.2) is 0 Å². The van der Waals surface area contributed by atoms with Crippen LogP contribution in [0.4, 0.5) is 5.69 Å². The zero-order chi connectivity index (χ0) is 16.9. The van der Waals surface area contributed by atoms with Crippen molar-refractivity contribution in [2.24, 2.45) is 0 Å². The van der Waals surface area contributed by atoms with Gasteiger partial charge < -0.3 is 15.2 Å². The molecule has 3 rings (SSSR count). The summed E-state index contributed by atoms with van der Waals surface area (Å²) in [4.78, 5) is 0. The number of nitrogens with one attached hydrogen (secondary N) is 1. The average molecular weight is 449 g/mol. The molecule has 0 fully saturated rings. The van der Waals surface area contributed by atoms with E-state index in [1.807, 2.05) is 66.7 Å². The Morgan fingerprint density at radius 1 is 0.833 bits per heavy atom. The molecule has 2 N–H and O–H groups in total. The summed E-state index contributed by atoms with van der Waals surface area (Å²) in [5.74, 6) is 1.82. The molecule has 0 aliphatic rings. The second kappa shape index (κ2) is 7.73. The van der Waals surface area contributed by atoms with Crippen LogP contribution in [0.15, 0.2) is 75.7 Å². The molecule has 0 heterocycles. The van der Waals surface area contributed by atoms with E-state index in [0.717, 1.165) is 22.7 Å². The number of hydrogen-bond donors (Lipinski definition) is 2. The Morgan fingerprint density at radius 2 is 1.42 bits per heavy atom. The van der Waals surface area contributed by atoms with Crippen molar-refractivity contribution >= 4 is 37.5 Å². The number of hydrogen-bond acceptors (Lipinski definition) is 3.